The number of terminal acetylenes is 1. The monoisotopic (exact) mass is 568 g/mol. The van der Waals surface area contributed by atoms with Crippen LogP contribution in [0.2, 0.25) is 0 Å². The number of benzene rings is 3. The number of H-pyrrole nitrogens is 1. The topological polar surface area (TPSA) is 112 Å². The zero-order valence-corrected chi connectivity index (χ0v) is 23.6. The minimum absolute atomic E-state index is 0.0162. The van der Waals surface area contributed by atoms with Crippen molar-refractivity contribution in [3.63, 3.8) is 0 Å². The zero-order valence-electron chi connectivity index (χ0n) is 23.6. The van der Waals surface area contributed by atoms with E-state index in [4.69, 9.17) is 25.4 Å². The average molecular weight is 569 g/mol. The first-order valence-corrected chi connectivity index (χ1v) is 13.4. The molecule has 4 aromatic rings. The molecular formula is C33H32N2O7. The third kappa shape index (κ3) is 5.12. The van der Waals surface area contributed by atoms with E-state index >= 15 is 0 Å². The van der Waals surface area contributed by atoms with E-state index in [1.54, 1.807) is 21.1 Å². The van der Waals surface area contributed by atoms with Crippen LogP contribution < -0.4 is 20.7 Å². The van der Waals surface area contributed by atoms with E-state index in [9.17, 15) is 14.7 Å². The van der Waals surface area contributed by atoms with E-state index in [1.165, 1.54) is 10.8 Å². The summed E-state index contributed by atoms with van der Waals surface area (Å²) in [5.41, 5.74) is -1.26. The zero-order chi connectivity index (χ0) is 29.9. The Balaban J connectivity index is 1.61. The maximum Gasteiger partial charge on any atom is 0.330 e. The minimum Gasteiger partial charge on any atom is -0.497 e. The number of aromatic amines is 1. The molecule has 1 fully saturated rings. The Morgan fingerprint density at radius 2 is 1.52 bits per heavy atom. The van der Waals surface area contributed by atoms with E-state index in [2.05, 4.69) is 10.9 Å². The van der Waals surface area contributed by atoms with Crippen LogP contribution in [0, 0.1) is 19.3 Å². The second-order valence-corrected chi connectivity index (χ2v) is 10.1. The Hall–Kier alpha value is -4.62. The molecule has 1 aromatic heterocycles. The third-order valence-electron chi connectivity index (χ3n) is 7.69. The average Bonchev–Trinajstić information content (AvgIpc) is 3.36. The van der Waals surface area contributed by atoms with E-state index in [-0.39, 0.29) is 13.0 Å². The first-order chi connectivity index (χ1) is 20.3. The smallest absolute Gasteiger partial charge is 0.330 e. The molecule has 0 aliphatic carbocycles. The quantitative estimate of drug-likeness (QED) is 0.235. The summed E-state index contributed by atoms with van der Waals surface area (Å²) in [6.45, 7) is 1.35. The van der Waals surface area contributed by atoms with E-state index < -0.39 is 34.8 Å². The van der Waals surface area contributed by atoms with Crippen LogP contribution in [0.1, 0.15) is 34.9 Å². The van der Waals surface area contributed by atoms with E-state index in [1.807, 2.05) is 78.9 Å². The second-order valence-electron chi connectivity index (χ2n) is 10.1. The molecule has 2 N–H and O–H groups in total. The van der Waals surface area contributed by atoms with Gasteiger partial charge in [-0.1, -0.05) is 60.5 Å². The molecule has 9 nitrogen and oxygen atoms in total. The first kappa shape index (κ1) is 28.9. The number of nitrogens with zero attached hydrogens (tertiary/aromatic N) is 1. The van der Waals surface area contributed by atoms with Crippen molar-refractivity contribution in [1.82, 2.24) is 9.55 Å². The molecule has 216 valence electrons. The molecule has 3 aromatic carbocycles. The molecule has 0 unspecified atom stereocenters. The Morgan fingerprint density at radius 1 is 0.976 bits per heavy atom. The van der Waals surface area contributed by atoms with E-state index in [0.717, 1.165) is 16.7 Å². The third-order valence-corrected chi connectivity index (χ3v) is 7.69. The Labute approximate surface area is 243 Å². The van der Waals surface area contributed by atoms with Crippen LogP contribution in [-0.4, -0.2) is 47.2 Å². The van der Waals surface area contributed by atoms with Gasteiger partial charge in [-0.25, -0.2) is 4.79 Å². The molecule has 5 rings (SSSR count). The number of rotatable bonds is 9. The van der Waals surface area contributed by atoms with Gasteiger partial charge in [0, 0.05) is 18.2 Å². The fourth-order valence-electron chi connectivity index (χ4n) is 5.31. The van der Waals surface area contributed by atoms with Gasteiger partial charge in [-0.3, -0.25) is 14.3 Å². The first-order valence-electron chi connectivity index (χ1n) is 13.4. The van der Waals surface area contributed by atoms with Gasteiger partial charge in [0.05, 0.1) is 20.8 Å². The fraction of sp³-hybridized carbons (Fsp3) is 0.273. The van der Waals surface area contributed by atoms with Gasteiger partial charge < -0.3 is 24.1 Å². The number of aromatic nitrogens is 2. The maximum absolute atomic E-state index is 12.6. The molecule has 1 aliphatic rings. The fourth-order valence-corrected chi connectivity index (χ4v) is 5.31. The van der Waals surface area contributed by atoms with Gasteiger partial charge in [-0.05, 0) is 47.9 Å². The van der Waals surface area contributed by atoms with Crippen LogP contribution in [0.25, 0.3) is 0 Å². The lowest BCUT2D eigenvalue weighted by atomic mass is 9.79. The maximum atomic E-state index is 12.6. The second kappa shape index (κ2) is 11.7. The Kier molecular flexibility index (Phi) is 8.05. The van der Waals surface area contributed by atoms with Crippen molar-refractivity contribution in [2.45, 2.75) is 36.9 Å². The number of aliphatic hydroxyl groups excluding tert-OH is 1. The van der Waals surface area contributed by atoms with Crippen molar-refractivity contribution in [3.05, 3.63) is 128 Å². The van der Waals surface area contributed by atoms with Crippen molar-refractivity contribution in [1.29, 1.82) is 0 Å². The van der Waals surface area contributed by atoms with Crippen LogP contribution in [0.5, 0.6) is 11.5 Å². The molecule has 1 saturated heterocycles. The van der Waals surface area contributed by atoms with Crippen LogP contribution in [0.4, 0.5) is 0 Å². The van der Waals surface area contributed by atoms with E-state index in [0.29, 0.717) is 17.1 Å². The molecule has 0 spiro atoms. The molecule has 0 radical (unpaired) electrons. The summed E-state index contributed by atoms with van der Waals surface area (Å²) < 4.78 is 25.2. The van der Waals surface area contributed by atoms with Crippen molar-refractivity contribution in [2.75, 3.05) is 20.8 Å². The lowest BCUT2D eigenvalue weighted by molar-refractivity contribution is -0.130. The predicted octanol–water partition coefficient (Wildman–Crippen LogP) is 3.52. The summed E-state index contributed by atoms with van der Waals surface area (Å²) in [5.74, 6) is 3.96. The number of aryl methyl sites for hydroxylation is 1. The minimum atomic E-state index is -1.60. The number of nitrogens with one attached hydrogen (secondary N) is 1. The number of hydrogen-bond acceptors (Lipinski definition) is 7. The van der Waals surface area contributed by atoms with Gasteiger partial charge in [0.1, 0.15) is 29.4 Å². The SMILES string of the molecule is C#C[C@]1(COC(c2ccccc2)(c2ccc(OC)cc2)c2ccc(OC)cc2)O[C@@H](n2cc(C)c(=O)[nH]c2=O)C[C@@H]1O. The number of ether oxygens (including phenoxy) is 4. The number of methoxy groups -OCH3 is 2. The molecule has 9 heteroatoms. The largest absolute Gasteiger partial charge is 0.497 e. The number of hydrogen-bond donors (Lipinski definition) is 2. The molecule has 42 heavy (non-hydrogen) atoms. The molecule has 2 heterocycles. The Morgan fingerprint density at radius 3 is 2.05 bits per heavy atom. The van der Waals surface area contributed by atoms with Gasteiger partial charge in [0.2, 0.25) is 0 Å². The van der Waals surface area contributed by atoms with Gasteiger partial charge in [-0.2, -0.15) is 0 Å². The predicted molar refractivity (Wildman–Crippen MR) is 157 cm³/mol. The number of aliphatic hydroxyl groups is 1. The van der Waals surface area contributed by atoms with Gasteiger partial charge in [-0.15, -0.1) is 6.42 Å². The molecule has 0 amide bonds. The molecule has 1 aliphatic heterocycles. The van der Waals surface area contributed by atoms with Crippen LogP contribution in [-0.2, 0) is 15.1 Å². The highest BCUT2D eigenvalue weighted by Gasteiger charge is 2.51. The molecular weight excluding hydrogens is 536 g/mol. The summed E-state index contributed by atoms with van der Waals surface area (Å²) in [4.78, 5) is 26.8. The van der Waals surface area contributed by atoms with Gasteiger partial charge >= 0.3 is 5.69 Å². The van der Waals surface area contributed by atoms with Crippen molar-refractivity contribution < 1.29 is 24.1 Å². The normalized spacial score (nSPS) is 20.2. The highest BCUT2D eigenvalue weighted by atomic mass is 16.6. The van der Waals surface area contributed by atoms with Crippen LogP contribution >= 0.6 is 0 Å². The summed E-state index contributed by atoms with van der Waals surface area (Å²) in [6.07, 6.45) is 5.34. The summed E-state index contributed by atoms with van der Waals surface area (Å²) in [6, 6.07) is 24.7. The van der Waals surface area contributed by atoms with Gasteiger partial charge in [0.25, 0.3) is 5.56 Å². The lowest BCUT2D eigenvalue weighted by Gasteiger charge is -2.39. The van der Waals surface area contributed by atoms with Crippen molar-refractivity contribution in [2.24, 2.45) is 0 Å². The lowest BCUT2D eigenvalue weighted by Crippen LogP contribution is -2.46. The van der Waals surface area contributed by atoms with Crippen molar-refractivity contribution >= 4 is 0 Å². The molecule has 0 bridgehead atoms. The molecule has 3 atom stereocenters. The highest BCUT2D eigenvalue weighted by Crippen LogP contribution is 2.44. The Bertz CT molecular complexity index is 1640. The summed E-state index contributed by atoms with van der Waals surface area (Å²) >= 11 is 0. The summed E-state index contributed by atoms with van der Waals surface area (Å²) in [5, 5.41) is 11.3. The van der Waals surface area contributed by atoms with Crippen LogP contribution in [0.3, 0.4) is 0 Å². The van der Waals surface area contributed by atoms with Crippen molar-refractivity contribution in [3.8, 4) is 23.8 Å². The standard InChI is InChI=1S/C33H32N2O7/c1-5-32(28(36)19-29(42-32)35-20-22(2)30(37)34-31(35)38)21-41-33(23-9-7-6-8-10-23,24-11-15-26(39-3)16-12-24)25-13-17-27(40-4)18-14-25/h1,6-18,20,28-29,36H,19,21H2,2-4H3,(H,34,37,38)/t28-,29+,32+/m0/s1. The van der Waals surface area contributed by atoms with Gasteiger partial charge in [0.15, 0.2) is 5.60 Å². The summed E-state index contributed by atoms with van der Waals surface area (Å²) in [7, 11) is 3.20. The highest BCUT2D eigenvalue weighted by molar-refractivity contribution is 5.50. The molecule has 0 saturated carbocycles. The van der Waals surface area contributed by atoms with Crippen LogP contribution in [0.15, 0.2) is 94.6 Å².